The van der Waals surface area contributed by atoms with E-state index in [2.05, 4.69) is 20.8 Å². The molecule has 2 heterocycles. The summed E-state index contributed by atoms with van der Waals surface area (Å²) in [6, 6.07) is -1.27. The molecule has 2 rings (SSSR count). The fourth-order valence-corrected chi connectivity index (χ4v) is 2.47. The van der Waals surface area contributed by atoms with Crippen molar-refractivity contribution in [2.45, 2.75) is 31.3 Å². The molecule has 2 amide bonds. The summed E-state index contributed by atoms with van der Waals surface area (Å²) < 4.78 is 5.53. The van der Waals surface area contributed by atoms with E-state index in [0.29, 0.717) is 31.9 Å². The second-order valence-electron chi connectivity index (χ2n) is 5.79. The number of aromatic nitrogens is 2. The van der Waals surface area contributed by atoms with Gasteiger partial charge in [-0.25, -0.2) is 4.79 Å². The van der Waals surface area contributed by atoms with Gasteiger partial charge in [-0.1, -0.05) is 0 Å². The monoisotopic (exact) mass is 341 g/mol. The zero-order chi connectivity index (χ0) is 17.4. The van der Waals surface area contributed by atoms with E-state index in [1.807, 2.05) is 0 Å². The molecule has 1 aromatic heterocycles. The van der Waals surface area contributed by atoms with E-state index < -0.39 is 12.1 Å². The average Bonchev–Trinajstić information content (AvgIpc) is 3.11. The van der Waals surface area contributed by atoms with Crippen LogP contribution in [0.2, 0.25) is 0 Å². The highest BCUT2D eigenvalue weighted by atomic mass is 16.4. The minimum Gasteiger partial charge on any atom is -0.421 e. The van der Waals surface area contributed by atoms with Gasteiger partial charge in [-0.3, -0.25) is 0 Å². The van der Waals surface area contributed by atoms with Crippen LogP contribution in [0, 0.1) is 0 Å². The molecule has 0 aromatic carbocycles. The summed E-state index contributed by atoms with van der Waals surface area (Å²) in [5, 5.41) is 23.1. The van der Waals surface area contributed by atoms with Gasteiger partial charge >= 0.3 is 6.03 Å². The van der Waals surface area contributed by atoms with Gasteiger partial charge in [0.15, 0.2) is 0 Å². The molecule has 1 aliphatic heterocycles. The fourth-order valence-electron chi connectivity index (χ4n) is 2.47. The number of rotatable bonds is 8. The summed E-state index contributed by atoms with van der Waals surface area (Å²) in [6.07, 6.45) is 2.31. The number of amides is 2. The maximum Gasteiger partial charge on any atom is 0.318 e. The molecule has 24 heavy (non-hydrogen) atoms. The van der Waals surface area contributed by atoms with Gasteiger partial charge in [-0.15, -0.1) is 10.2 Å². The smallest absolute Gasteiger partial charge is 0.318 e. The lowest BCUT2D eigenvalue weighted by molar-refractivity contribution is 0.182. The average molecular weight is 341 g/mol. The Morgan fingerprint density at radius 1 is 1.33 bits per heavy atom. The Bertz CT molecular complexity index is 504. The van der Waals surface area contributed by atoms with Gasteiger partial charge in [0, 0.05) is 26.2 Å². The molecule has 136 valence electrons. The number of hydrogen-bond donors (Lipinski definition) is 5. The topological polar surface area (TPSA) is 156 Å². The van der Waals surface area contributed by atoms with E-state index in [0.717, 1.165) is 25.9 Å². The third-order valence-electron chi connectivity index (χ3n) is 3.92. The molecule has 0 bridgehead atoms. The standard InChI is InChI=1S/C14H27N7O3/c15-4-2-1-3-11(13-20-19-12(24-13)10(16)9-22)18-14(23)21-7-5-17-6-8-21/h10-11,17,22H,1-9,15-16H2,(H,18,23)/t10?,11-/m0/s1. The lowest BCUT2D eigenvalue weighted by Gasteiger charge is -2.29. The molecular formula is C14H27N7O3. The van der Waals surface area contributed by atoms with Crippen LogP contribution in [-0.4, -0.2) is 65.6 Å². The van der Waals surface area contributed by atoms with Crippen LogP contribution in [0.15, 0.2) is 4.42 Å². The molecule has 1 aliphatic rings. The second-order valence-corrected chi connectivity index (χ2v) is 5.79. The van der Waals surface area contributed by atoms with Crippen molar-refractivity contribution in [1.29, 1.82) is 0 Å². The molecule has 0 saturated carbocycles. The predicted molar refractivity (Wildman–Crippen MR) is 86.9 cm³/mol. The van der Waals surface area contributed by atoms with E-state index in [1.54, 1.807) is 4.90 Å². The zero-order valence-corrected chi connectivity index (χ0v) is 13.8. The summed E-state index contributed by atoms with van der Waals surface area (Å²) in [5.41, 5.74) is 11.2. The first-order chi connectivity index (χ1) is 11.7. The van der Waals surface area contributed by atoms with Crippen molar-refractivity contribution in [1.82, 2.24) is 25.7 Å². The summed E-state index contributed by atoms with van der Waals surface area (Å²) >= 11 is 0. The molecule has 1 saturated heterocycles. The Morgan fingerprint density at radius 3 is 2.71 bits per heavy atom. The number of carbonyl (C=O) groups excluding carboxylic acids is 1. The summed E-state index contributed by atoms with van der Waals surface area (Å²) in [7, 11) is 0. The number of aliphatic hydroxyl groups excluding tert-OH is 1. The number of nitrogens with zero attached hydrogens (tertiary/aromatic N) is 3. The van der Waals surface area contributed by atoms with E-state index in [-0.39, 0.29) is 18.5 Å². The summed E-state index contributed by atoms with van der Waals surface area (Å²) in [4.78, 5) is 14.2. The van der Waals surface area contributed by atoms with E-state index in [9.17, 15) is 4.79 Å². The van der Waals surface area contributed by atoms with Gasteiger partial charge in [0.2, 0.25) is 11.8 Å². The molecular weight excluding hydrogens is 314 g/mol. The van der Waals surface area contributed by atoms with Gasteiger partial charge in [-0.05, 0) is 25.8 Å². The molecule has 0 spiro atoms. The summed E-state index contributed by atoms with van der Waals surface area (Å²) in [5.74, 6) is 0.460. The first-order valence-corrected chi connectivity index (χ1v) is 8.31. The van der Waals surface area contributed by atoms with Crippen molar-refractivity contribution < 1.29 is 14.3 Å². The maximum absolute atomic E-state index is 12.4. The number of hydrogen-bond acceptors (Lipinski definition) is 8. The van der Waals surface area contributed by atoms with Crippen LogP contribution in [0.1, 0.15) is 43.1 Å². The molecule has 0 aliphatic carbocycles. The lowest BCUT2D eigenvalue weighted by atomic mass is 10.1. The number of nitrogens with two attached hydrogens (primary N) is 2. The molecule has 0 radical (unpaired) electrons. The Labute approximate surface area is 141 Å². The van der Waals surface area contributed by atoms with Crippen molar-refractivity contribution in [3.8, 4) is 0 Å². The Morgan fingerprint density at radius 2 is 2.04 bits per heavy atom. The highest BCUT2D eigenvalue weighted by Crippen LogP contribution is 2.20. The van der Waals surface area contributed by atoms with Crippen LogP contribution >= 0.6 is 0 Å². The zero-order valence-electron chi connectivity index (χ0n) is 13.8. The lowest BCUT2D eigenvalue weighted by Crippen LogP contribution is -2.50. The van der Waals surface area contributed by atoms with Gasteiger partial charge in [0.05, 0.1) is 6.61 Å². The minimum absolute atomic E-state index is 0.152. The molecule has 10 nitrogen and oxygen atoms in total. The minimum atomic E-state index is -0.722. The molecule has 2 atom stereocenters. The second kappa shape index (κ2) is 9.52. The van der Waals surface area contributed by atoms with Gasteiger partial charge < -0.3 is 36.5 Å². The van der Waals surface area contributed by atoms with Crippen LogP contribution in [0.3, 0.4) is 0 Å². The number of piperazine rings is 1. The predicted octanol–water partition coefficient (Wildman–Crippen LogP) is -1.15. The molecule has 1 unspecified atom stereocenters. The van der Waals surface area contributed by atoms with Crippen molar-refractivity contribution >= 4 is 6.03 Å². The highest BCUT2D eigenvalue weighted by Gasteiger charge is 2.25. The largest absolute Gasteiger partial charge is 0.421 e. The third kappa shape index (κ3) is 5.13. The third-order valence-corrected chi connectivity index (χ3v) is 3.92. The van der Waals surface area contributed by atoms with E-state index >= 15 is 0 Å². The number of carbonyl (C=O) groups is 1. The van der Waals surface area contributed by atoms with Gasteiger partial charge in [-0.2, -0.15) is 0 Å². The molecule has 1 aromatic rings. The summed E-state index contributed by atoms with van der Waals surface area (Å²) in [6.45, 7) is 3.18. The molecule has 7 N–H and O–H groups in total. The number of unbranched alkanes of at least 4 members (excludes halogenated alkanes) is 1. The first-order valence-electron chi connectivity index (χ1n) is 8.31. The SMILES string of the molecule is NCCCC[C@H](NC(=O)N1CCNCC1)c1nnc(C(N)CO)o1. The van der Waals surface area contributed by atoms with Gasteiger partial charge in [0.1, 0.15) is 12.1 Å². The van der Waals surface area contributed by atoms with Gasteiger partial charge in [0.25, 0.3) is 0 Å². The Balaban J connectivity index is 2.02. The number of aliphatic hydroxyl groups is 1. The van der Waals surface area contributed by atoms with Crippen molar-refractivity contribution in [3.05, 3.63) is 11.8 Å². The Kier molecular flexibility index (Phi) is 7.37. The Hall–Kier alpha value is -1.75. The van der Waals surface area contributed by atoms with E-state index in [1.165, 1.54) is 0 Å². The molecule has 1 fully saturated rings. The molecule has 10 heteroatoms. The van der Waals surface area contributed by atoms with Crippen LogP contribution in [0.5, 0.6) is 0 Å². The maximum atomic E-state index is 12.4. The van der Waals surface area contributed by atoms with Crippen LogP contribution in [-0.2, 0) is 0 Å². The normalized spacial score (nSPS) is 17.5. The first kappa shape index (κ1) is 18.6. The van der Waals surface area contributed by atoms with Crippen molar-refractivity contribution in [2.24, 2.45) is 11.5 Å². The number of nitrogens with one attached hydrogen (secondary N) is 2. The van der Waals surface area contributed by atoms with Crippen molar-refractivity contribution in [2.75, 3.05) is 39.3 Å². The fraction of sp³-hybridized carbons (Fsp3) is 0.786. The van der Waals surface area contributed by atoms with Crippen LogP contribution in [0.25, 0.3) is 0 Å². The quantitative estimate of drug-likeness (QED) is 0.371. The highest BCUT2D eigenvalue weighted by molar-refractivity contribution is 5.74. The van der Waals surface area contributed by atoms with Crippen molar-refractivity contribution in [3.63, 3.8) is 0 Å². The van der Waals surface area contributed by atoms with Crippen LogP contribution in [0.4, 0.5) is 4.79 Å². The van der Waals surface area contributed by atoms with Crippen LogP contribution < -0.4 is 22.1 Å². The number of urea groups is 1. The van der Waals surface area contributed by atoms with E-state index in [4.69, 9.17) is 21.0 Å².